The molecule has 1 fully saturated rings. The number of rotatable bonds is 2. The van der Waals surface area contributed by atoms with E-state index in [4.69, 9.17) is 9.47 Å². The zero-order valence-electron chi connectivity index (χ0n) is 9.86. The van der Waals surface area contributed by atoms with E-state index in [9.17, 15) is 9.59 Å². The summed E-state index contributed by atoms with van der Waals surface area (Å²) in [6.45, 7) is 4.22. The number of benzene rings is 1. The van der Waals surface area contributed by atoms with Gasteiger partial charge >= 0.3 is 11.9 Å². The van der Waals surface area contributed by atoms with Gasteiger partial charge in [-0.25, -0.2) is 9.59 Å². The van der Waals surface area contributed by atoms with Gasteiger partial charge in [0.05, 0.1) is 12.2 Å². The highest BCUT2D eigenvalue weighted by Gasteiger charge is 2.30. The highest BCUT2D eigenvalue weighted by Crippen LogP contribution is 2.15. The van der Waals surface area contributed by atoms with Crippen LogP contribution in [0.3, 0.4) is 0 Å². The van der Waals surface area contributed by atoms with E-state index in [1.54, 1.807) is 12.1 Å². The Balaban J connectivity index is 2.09. The van der Waals surface area contributed by atoms with Crippen LogP contribution in [0.5, 0.6) is 0 Å². The number of aryl methyl sites for hydroxylation is 2. The van der Waals surface area contributed by atoms with Gasteiger partial charge in [-0.05, 0) is 37.1 Å². The summed E-state index contributed by atoms with van der Waals surface area (Å²) in [6.07, 6.45) is -0.306. The van der Waals surface area contributed by atoms with Crippen LogP contribution in [-0.4, -0.2) is 24.6 Å². The maximum Gasteiger partial charge on any atom is 0.347 e. The Morgan fingerprint density at radius 3 is 2.71 bits per heavy atom. The fraction of sp³-hybridized carbons (Fsp3) is 0.385. The van der Waals surface area contributed by atoms with E-state index in [2.05, 4.69) is 0 Å². The number of hydrogen-bond acceptors (Lipinski definition) is 4. The molecule has 0 radical (unpaired) electrons. The minimum Gasteiger partial charge on any atom is -0.463 e. The van der Waals surface area contributed by atoms with E-state index in [0.29, 0.717) is 18.6 Å². The average Bonchev–Trinajstić information content (AvgIpc) is 2.68. The third-order valence-corrected chi connectivity index (χ3v) is 2.88. The zero-order chi connectivity index (χ0) is 12.4. The molecule has 17 heavy (non-hydrogen) atoms. The first-order chi connectivity index (χ1) is 8.08. The molecule has 0 spiro atoms. The van der Waals surface area contributed by atoms with Gasteiger partial charge < -0.3 is 9.47 Å². The zero-order valence-corrected chi connectivity index (χ0v) is 9.86. The van der Waals surface area contributed by atoms with Gasteiger partial charge in [0.1, 0.15) is 0 Å². The lowest BCUT2D eigenvalue weighted by molar-refractivity contribution is -0.145. The summed E-state index contributed by atoms with van der Waals surface area (Å²) >= 11 is 0. The molecule has 1 aromatic rings. The molecule has 1 aromatic carbocycles. The summed E-state index contributed by atoms with van der Waals surface area (Å²) in [5.41, 5.74) is 2.60. The van der Waals surface area contributed by atoms with Crippen LogP contribution in [0.1, 0.15) is 27.9 Å². The van der Waals surface area contributed by atoms with E-state index in [-0.39, 0.29) is 0 Å². The first-order valence-corrected chi connectivity index (χ1v) is 5.53. The van der Waals surface area contributed by atoms with Crippen LogP contribution in [-0.2, 0) is 14.3 Å². The summed E-state index contributed by atoms with van der Waals surface area (Å²) in [5.74, 6) is -0.931. The minimum absolute atomic E-state index is 0.323. The maximum absolute atomic E-state index is 11.8. The summed E-state index contributed by atoms with van der Waals surface area (Å²) < 4.78 is 9.82. The van der Waals surface area contributed by atoms with E-state index < -0.39 is 18.0 Å². The Labute approximate surface area is 99.5 Å². The van der Waals surface area contributed by atoms with Crippen molar-refractivity contribution in [2.75, 3.05) is 6.61 Å². The Kier molecular flexibility index (Phi) is 3.13. The predicted molar refractivity (Wildman–Crippen MR) is 60.7 cm³/mol. The van der Waals surface area contributed by atoms with Crippen molar-refractivity contribution in [1.82, 2.24) is 0 Å². The second-order valence-electron chi connectivity index (χ2n) is 4.15. The van der Waals surface area contributed by atoms with Crippen molar-refractivity contribution < 1.29 is 19.1 Å². The van der Waals surface area contributed by atoms with Crippen molar-refractivity contribution in [3.63, 3.8) is 0 Å². The fourth-order valence-corrected chi connectivity index (χ4v) is 1.65. The van der Waals surface area contributed by atoms with E-state index in [1.165, 1.54) is 0 Å². The normalized spacial score (nSPS) is 18.9. The van der Waals surface area contributed by atoms with E-state index in [1.807, 2.05) is 19.9 Å². The molecule has 0 bridgehead atoms. The lowest BCUT2D eigenvalue weighted by atomic mass is 10.1. The van der Waals surface area contributed by atoms with Gasteiger partial charge in [0.2, 0.25) is 6.10 Å². The Morgan fingerprint density at radius 1 is 1.35 bits per heavy atom. The molecule has 90 valence electrons. The number of cyclic esters (lactones) is 1. The number of carbonyl (C=O) groups excluding carboxylic acids is 2. The van der Waals surface area contributed by atoms with Gasteiger partial charge in [-0.1, -0.05) is 6.07 Å². The molecule has 4 nitrogen and oxygen atoms in total. The van der Waals surface area contributed by atoms with Crippen molar-refractivity contribution in [3.8, 4) is 0 Å². The summed E-state index contributed by atoms with van der Waals surface area (Å²) in [4.78, 5) is 22.9. The molecule has 0 aliphatic carbocycles. The van der Waals surface area contributed by atoms with Gasteiger partial charge in [0.25, 0.3) is 0 Å². The van der Waals surface area contributed by atoms with Crippen molar-refractivity contribution in [2.45, 2.75) is 26.4 Å². The second-order valence-corrected chi connectivity index (χ2v) is 4.15. The first kappa shape index (κ1) is 11.6. The lowest BCUT2D eigenvalue weighted by Crippen LogP contribution is -2.22. The third kappa shape index (κ3) is 2.46. The van der Waals surface area contributed by atoms with Crippen LogP contribution in [0.15, 0.2) is 18.2 Å². The number of hydrogen-bond donors (Lipinski definition) is 0. The van der Waals surface area contributed by atoms with Crippen LogP contribution in [0.2, 0.25) is 0 Å². The molecule has 0 N–H and O–H groups in total. The molecule has 0 amide bonds. The van der Waals surface area contributed by atoms with E-state index in [0.717, 1.165) is 11.1 Å². The molecule has 1 atom stereocenters. The molecule has 1 heterocycles. The monoisotopic (exact) mass is 234 g/mol. The number of esters is 2. The molecule has 1 saturated heterocycles. The molecule has 1 aliphatic rings. The SMILES string of the molecule is Cc1ccc(C(=O)OC2CCOC2=O)cc1C. The molecule has 0 saturated carbocycles. The molecule has 0 aromatic heterocycles. The molecule has 1 unspecified atom stereocenters. The number of ether oxygens (including phenoxy) is 2. The van der Waals surface area contributed by atoms with Crippen LogP contribution < -0.4 is 0 Å². The van der Waals surface area contributed by atoms with Gasteiger partial charge in [0.15, 0.2) is 0 Å². The van der Waals surface area contributed by atoms with Gasteiger partial charge in [-0.2, -0.15) is 0 Å². The third-order valence-electron chi connectivity index (χ3n) is 2.88. The van der Waals surface area contributed by atoms with Crippen molar-refractivity contribution in [3.05, 3.63) is 34.9 Å². The molecular weight excluding hydrogens is 220 g/mol. The first-order valence-electron chi connectivity index (χ1n) is 5.53. The van der Waals surface area contributed by atoms with Gasteiger partial charge in [0, 0.05) is 6.42 Å². The minimum atomic E-state index is -0.746. The van der Waals surface area contributed by atoms with E-state index >= 15 is 0 Å². The summed E-state index contributed by atoms with van der Waals surface area (Å²) in [7, 11) is 0. The molecule has 2 rings (SSSR count). The smallest absolute Gasteiger partial charge is 0.347 e. The lowest BCUT2D eigenvalue weighted by Gasteiger charge is -2.09. The Hall–Kier alpha value is -1.84. The van der Waals surface area contributed by atoms with Crippen molar-refractivity contribution in [1.29, 1.82) is 0 Å². The Morgan fingerprint density at radius 2 is 2.12 bits per heavy atom. The summed E-state index contributed by atoms with van der Waals surface area (Å²) in [6, 6.07) is 5.32. The molecular formula is C13H14O4. The maximum atomic E-state index is 11.8. The standard InChI is InChI=1S/C13H14O4/c1-8-3-4-10(7-9(8)2)12(14)17-11-5-6-16-13(11)15/h3-4,7,11H,5-6H2,1-2H3. The number of carbonyl (C=O) groups is 2. The Bertz CT molecular complexity index is 464. The van der Waals surface area contributed by atoms with Gasteiger partial charge in [-0.3, -0.25) is 0 Å². The van der Waals surface area contributed by atoms with Crippen LogP contribution >= 0.6 is 0 Å². The summed E-state index contributed by atoms with van der Waals surface area (Å²) in [5, 5.41) is 0. The molecule has 1 aliphatic heterocycles. The fourth-order valence-electron chi connectivity index (χ4n) is 1.65. The highest BCUT2D eigenvalue weighted by atomic mass is 16.6. The van der Waals surface area contributed by atoms with Crippen LogP contribution in [0, 0.1) is 13.8 Å². The predicted octanol–water partition coefficient (Wildman–Crippen LogP) is 1.78. The largest absolute Gasteiger partial charge is 0.463 e. The average molecular weight is 234 g/mol. The topological polar surface area (TPSA) is 52.6 Å². The van der Waals surface area contributed by atoms with Crippen molar-refractivity contribution >= 4 is 11.9 Å². The van der Waals surface area contributed by atoms with Crippen LogP contribution in [0.25, 0.3) is 0 Å². The molecule has 4 heteroatoms. The second kappa shape index (κ2) is 4.57. The van der Waals surface area contributed by atoms with Crippen LogP contribution in [0.4, 0.5) is 0 Å². The van der Waals surface area contributed by atoms with Gasteiger partial charge in [-0.15, -0.1) is 0 Å². The highest BCUT2D eigenvalue weighted by molar-refractivity contribution is 5.92. The quantitative estimate of drug-likeness (QED) is 0.732. The van der Waals surface area contributed by atoms with Crippen molar-refractivity contribution in [2.24, 2.45) is 0 Å².